The molecule has 0 unspecified atom stereocenters. The van der Waals surface area contributed by atoms with Gasteiger partial charge in [0.15, 0.2) is 5.60 Å². The van der Waals surface area contributed by atoms with E-state index in [1.54, 1.807) is 0 Å². The molecule has 2 atom stereocenters. The summed E-state index contributed by atoms with van der Waals surface area (Å²) < 4.78 is 16.9. The number of carbonyl (C=O) groups excluding carboxylic acids is 1. The number of benzene rings is 1. The first-order chi connectivity index (χ1) is 12.9. The highest BCUT2D eigenvalue weighted by Gasteiger charge is 2.54. The Balaban J connectivity index is 2.10. The van der Waals surface area contributed by atoms with Crippen molar-refractivity contribution >= 4 is 11.9 Å². The molecule has 1 aliphatic rings. The van der Waals surface area contributed by atoms with Gasteiger partial charge in [0.1, 0.15) is 5.60 Å². The predicted molar refractivity (Wildman–Crippen MR) is 103 cm³/mol. The topological polar surface area (TPSA) is 82.1 Å². The lowest BCUT2D eigenvalue weighted by Crippen LogP contribution is -2.39. The molecular formula is C22H28O6. The van der Waals surface area contributed by atoms with E-state index in [1.165, 1.54) is 0 Å². The molecule has 1 N–H and O–H groups in total. The number of ether oxygens (including phenoxy) is 3. The maximum absolute atomic E-state index is 12.4. The summed E-state index contributed by atoms with van der Waals surface area (Å²) in [4.78, 5) is 23.8. The maximum Gasteiger partial charge on any atom is 0.342 e. The summed E-state index contributed by atoms with van der Waals surface area (Å²) in [7, 11) is 0. The normalized spacial score (nSPS) is 22.3. The van der Waals surface area contributed by atoms with Crippen LogP contribution in [0.3, 0.4) is 0 Å². The average molecular weight is 388 g/mol. The largest absolute Gasteiger partial charge is 0.481 e. The highest BCUT2D eigenvalue weighted by molar-refractivity contribution is 5.87. The molecule has 0 saturated carbocycles. The van der Waals surface area contributed by atoms with Crippen LogP contribution in [-0.4, -0.2) is 34.5 Å². The SMILES string of the molecule is CC(C)(C#CC[C@]1(CC(=O)O)O[C@@H](C(C)(C)C)OC1=O)OCc1ccccc1. The Labute approximate surface area is 166 Å². The van der Waals surface area contributed by atoms with Crippen LogP contribution in [0.25, 0.3) is 0 Å². The zero-order valence-electron chi connectivity index (χ0n) is 17.1. The number of esters is 1. The van der Waals surface area contributed by atoms with Crippen molar-refractivity contribution in [3.05, 3.63) is 35.9 Å². The molecule has 152 valence electrons. The summed E-state index contributed by atoms with van der Waals surface area (Å²) in [6.45, 7) is 9.60. The Bertz CT molecular complexity index is 766. The van der Waals surface area contributed by atoms with Gasteiger partial charge in [0.05, 0.1) is 13.0 Å². The quantitative estimate of drug-likeness (QED) is 0.593. The Kier molecular flexibility index (Phi) is 6.53. The summed E-state index contributed by atoms with van der Waals surface area (Å²) in [5, 5.41) is 9.25. The van der Waals surface area contributed by atoms with Gasteiger partial charge in [0.2, 0.25) is 6.29 Å². The van der Waals surface area contributed by atoms with Crippen LogP contribution in [0.15, 0.2) is 30.3 Å². The average Bonchev–Trinajstić information content (AvgIpc) is 2.90. The van der Waals surface area contributed by atoms with Crippen LogP contribution >= 0.6 is 0 Å². The van der Waals surface area contributed by atoms with Crippen LogP contribution in [-0.2, 0) is 30.4 Å². The fourth-order valence-corrected chi connectivity index (χ4v) is 2.64. The molecule has 0 amide bonds. The summed E-state index contributed by atoms with van der Waals surface area (Å²) in [6, 6.07) is 9.71. The highest BCUT2D eigenvalue weighted by atomic mass is 16.8. The second kappa shape index (κ2) is 8.34. The number of carboxylic acid groups (broad SMARTS) is 1. The Hall–Kier alpha value is -2.36. The van der Waals surface area contributed by atoms with E-state index in [1.807, 2.05) is 65.0 Å². The minimum Gasteiger partial charge on any atom is -0.481 e. The van der Waals surface area contributed by atoms with Crippen LogP contribution in [0.5, 0.6) is 0 Å². The fourth-order valence-electron chi connectivity index (χ4n) is 2.64. The van der Waals surface area contributed by atoms with Gasteiger partial charge in [-0.25, -0.2) is 4.79 Å². The molecule has 6 heteroatoms. The number of hydrogen-bond donors (Lipinski definition) is 1. The number of rotatable bonds is 6. The predicted octanol–water partition coefficient (Wildman–Crippen LogP) is 3.53. The van der Waals surface area contributed by atoms with Crippen molar-refractivity contribution in [2.24, 2.45) is 5.41 Å². The lowest BCUT2D eigenvalue weighted by molar-refractivity contribution is -0.159. The zero-order chi connectivity index (χ0) is 21.0. The van der Waals surface area contributed by atoms with E-state index in [9.17, 15) is 14.7 Å². The van der Waals surface area contributed by atoms with Gasteiger partial charge >= 0.3 is 11.9 Å². The number of aliphatic carboxylic acids is 1. The summed E-state index contributed by atoms with van der Waals surface area (Å²) in [6.07, 6.45) is -1.40. The van der Waals surface area contributed by atoms with Gasteiger partial charge in [-0.15, -0.1) is 0 Å². The Morgan fingerprint density at radius 3 is 2.39 bits per heavy atom. The van der Waals surface area contributed by atoms with Crippen molar-refractivity contribution in [2.45, 2.75) is 71.6 Å². The van der Waals surface area contributed by atoms with Gasteiger partial charge in [0, 0.05) is 11.8 Å². The second-order valence-corrected chi connectivity index (χ2v) is 8.55. The summed E-state index contributed by atoms with van der Waals surface area (Å²) >= 11 is 0. The Morgan fingerprint density at radius 1 is 1.21 bits per heavy atom. The van der Waals surface area contributed by atoms with Gasteiger partial charge in [-0.2, -0.15) is 0 Å². The van der Waals surface area contributed by atoms with E-state index >= 15 is 0 Å². The molecule has 1 aliphatic heterocycles. The van der Waals surface area contributed by atoms with E-state index in [2.05, 4.69) is 11.8 Å². The molecule has 0 radical (unpaired) electrons. The molecule has 1 saturated heterocycles. The van der Waals surface area contributed by atoms with E-state index in [0.717, 1.165) is 5.56 Å². The first kappa shape index (κ1) is 21.9. The molecular weight excluding hydrogens is 360 g/mol. The van der Waals surface area contributed by atoms with E-state index in [0.29, 0.717) is 6.61 Å². The molecule has 0 spiro atoms. The van der Waals surface area contributed by atoms with Crippen molar-refractivity contribution in [1.29, 1.82) is 0 Å². The van der Waals surface area contributed by atoms with Gasteiger partial charge in [-0.05, 0) is 19.4 Å². The summed E-state index contributed by atoms with van der Waals surface area (Å²) in [5.74, 6) is 4.03. The molecule has 1 aromatic carbocycles. The molecule has 0 aliphatic carbocycles. The lowest BCUT2D eigenvalue weighted by atomic mass is 9.94. The van der Waals surface area contributed by atoms with Crippen LogP contribution < -0.4 is 0 Å². The zero-order valence-corrected chi connectivity index (χ0v) is 17.1. The molecule has 0 aromatic heterocycles. The third-order valence-corrected chi connectivity index (χ3v) is 4.27. The number of carbonyl (C=O) groups is 2. The first-order valence-corrected chi connectivity index (χ1v) is 9.22. The van der Waals surface area contributed by atoms with Gasteiger partial charge in [0.25, 0.3) is 0 Å². The third kappa shape index (κ3) is 5.82. The van der Waals surface area contributed by atoms with Crippen molar-refractivity contribution in [3.63, 3.8) is 0 Å². The monoisotopic (exact) mass is 388 g/mol. The molecule has 2 rings (SSSR count). The third-order valence-electron chi connectivity index (χ3n) is 4.27. The Morgan fingerprint density at radius 2 is 1.86 bits per heavy atom. The van der Waals surface area contributed by atoms with Gasteiger partial charge in [-0.1, -0.05) is 62.9 Å². The van der Waals surface area contributed by atoms with Gasteiger partial charge in [-0.3, -0.25) is 4.79 Å². The van der Waals surface area contributed by atoms with E-state index in [4.69, 9.17) is 14.2 Å². The molecule has 1 fully saturated rings. The smallest absolute Gasteiger partial charge is 0.342 e. The first-order valence-electron chi connectivity index (χ1n) is 9.22. The van der Waals surface area contributed by atoms with E-state index < -0.39 is 41.3 Å². The fraction of sp³-hybridized carbons (Fsp3) is 0.545. The molecule has 1 aromatic rings. The molecule has 6 nitrogen and oxygen atoms in total. The number of hydrogen-bond acceptors (Lipinski definition) is 5. The van der Waals surface area contributed by atoms with Crippen molar-refractivity contribution in [2.75, 3.05) is 0 Å². The van der Waals surface area contributed by atoms with Crippen molar-refractivity contribution in [3.8, 4) is 11.8 Å². The van der Waals surface area contributed by atoms with Crippen LogP contribution in [0, 0.1) is 17.3 Å². The standard InChI is InChI=1S/C22H28O6/c1-20(2,3)19-27-18(25)22(28-19,14-17(23)24)13-9-12-21(4,5)26-15-16-10-7-6-8-11-16/h6-8,10-11,19H,13-15H2,1-5H3,(H,23,24)/t19-,22+/m0/s1. The summed E-state index contributed by atoms with van der Waals surface area (Å²) in [5.41, 5.74) is -1.82. The minimum atomic E-state index is -1.60. The highest BCUT2D eigenvalue weighted by Crippen LogP contribution is 2.38. The van der Waals surface area contributed by atoms with Crippen molar-refractivity contribution < 1.29 is 28.9 Å². The van der Waals surface area contributed by atoms with Gasteiger partial charge < -0.3 is 19.3 Å². The van der Waals surface area contributed by atoms with Crippen LogP contribution in [0.2, 0.25) is 0 Å². The minimum absolute atomic E-state index is 0.0805. The lowest BCUT2D eigenvalue weighted by Gasteiger charge is -2.26. The van der Waals surface area contributed by atoms with E-state index in [-0.39, 0.29) is 6.42 Å². The van der Waals surface area contributed by atoms with Crippen LogP contribution in [0.4, 0.5) is 0 Å². The number of cyclic esters (lactones) is 1. The number of carboxylic acids is 1. The molecule has 0 bridgehead atoms. The maximum atomic E-state index is 12.4. The molecule has 28 heavy (non-hydrogen) atoms. The second-order valence-electron chi connectivity index (χ2n) is 8.55. The van der Waals surface area contributed by atoms with Crippen molar-refractivity contribution in [1.82, 2.24) is 0 Å². The molecule has 1 heterocycles. The van der Waals surface area contributed by atoms with Crippen LogP contribution in [0.1, 0.15) is 53.0 Å².